The van der Waals surface area contributed by atoms with Crippen LogP contribution in [-0.2, 0) is 41.6 Å². The Morgan fingerprint density at radius 1 is 0.804 bits per heavy atom. The molecular formula is C33H37N3O10. The van der Waals surface area contributed by atoms with E-state index >= 15 is 0 Å². The van der Waals surface area contributed by atoms with Gasteiger partial charge in [0.2, 0.25) is 5.91 Å². The average Bonchev–Trinajstić information content (AvgIpc) is 3.01. The van der Waals surface area contributed by atoms with E-state index in [2.05, 4.69) is 16.0 Å². The minimum Gasteiger partial charge on any atom is -0.480 e. The molecule has 0 aromatic heterocycles. The Bertz CT molecular complexity index is 1500. The van der Waals surface area contributed by atoms with Gasteiger partial charge in [0.15, 0.2) is 6.04 Å². The van der Waals surface area contributed by atoms with Crippen molar-refractivity contribution in [1.82, 2.24) is 16.0 Å². The number of carboxylic acid groups (broad SMARTS) is 1. The molecule has 3 aromatic carbocycles. The van der Waals surface area contributed by atoms with Crippen LogP contribution in [0.5, 0.6) is 11.5 Å². The molecule has 0 saturated heterocycles. The van der Waals surface area contributed by atoms with Gasteiger partial charge in [-0.1, -0.05) is 54.6 Å². The van der Waals surface area contributed by atoms with Gasteiger partial charge in [-0.3, -0.25) is 9.59 Å². The molecular weight excluding hydrogens is 598 g/mol. The summed E-state index contributed by atoms with van der Waals surface area (Å²) in [5.74, 6) is -1.86. The molecule has 0 aliphatic carbocycles. The van der Waals surface area contributed by atoms with Gasteiger partial charge in [-0.25, -0.2) is 14.4 Å². The van der Waals surface area contributed by atoms with Crippen LogP contribution >= 0.6 is 0 Å². The Hall–Kier alpha value is -5.59. The van der Waals surface area contributed by atoms with Crippen molar-refractivity contribution in [2.45, 2.75) is 51.5 Å². The fraction of sp³-hybridized carbons (Fsp3) is 0.303. The summed E-state index contributed by atoms with van der Waals surface area (Å²) in [5, 5.41) is 16.2. The fourth-order valence-electron chi connectivity index (χ4n) is 4.05. The number of methoxy groups -OCH3 is 1. The second-order valence-electron chi connectivity index (χ2n) is 11.0. The highest BCUT2D eigenvalue weighted by atomic mass is 16.6. The van der Waals surface area contributed by atoms with Crippen molar-refractivity contribution < 1.29 is 48.0 Å². The number of aliphatic carboxylic acids is 1. The van der Waals surface area contributed by atoms with Crippen molar-refractivity contribution in [3.63, 3.8) is 0 Å². The number of nitrogens with one attached hydrogen (secondary N) is 3. The van der Waals surface area contributed by atoms with Crippen molar-refractivity contribution in [2.24, 2.45) is 0 Å². The molecule has 0 aliphatic rings. The first kappa shape index (κ1) is 34.9. The molecule has 0 radical (unpaired) electrons. The largest absolute Gasteiger partial charge is 0.480 e. The van der Waals surface area contributed by atoms with Crippen molar-refractivity contribution in [3.8, 4) is 11.5 Å². The highest BCUT2D eigenvalue weighted by Gasteiger charge is 2.26. The second-order valence-corrected chi connectivity index (χ2v) is 11.0. The van der Waals surface area contributed by atoms with E-state index in [9.17, 15) is 24.0 Å². The summed E-state index contributed by atoms with van der Waals surface area (Å²) in [6.45, 7) is 4.43. The number of ether oxygens (including phenoxy) is 4. The van der Waals surface area contributed by atoms with Crippen molar-refractivity contribution >= 4 is 30.0 Å². The van der Waals surface area contributed by atoms with Gasteiger partial charge in [0, 0.05) is 6.42 Å². The molecule has 0 bridgehead atoms. The van der Waals surface area contributed by atoms with Gasteiger partial charge in [0.1, 0.15) is 36.3 Å². The molecule has 4 N–H and O–H groups in total. The Labute approximate surface area is 266 Å². The lowest BCUT2D eigenvalue weighted by atomic mass is 10.0. The highest BCUT2D eigenvalue weighted by molar-refractivity contribution is 5.88. The van der Waals surface area contributed by atoms with Crippen LogP contribution in [0.4, 0.5) is 9.59 Å². The molecule has 13 nitrogen and oxygen atoms in total. The van der Waals surface area contributed by atoms with Crippen LogP contribution < -0.4 is 20.7 Å². The van der Waals surface area contributed by atoms with Crippen molar-refractivity contribution in [1.29, 1.82) is 0 Å². The predicted octanol–water partition coefficient (Wildman–Crippen LogP) is 4.26. The number of amides is 3. The molecule has 0 aliphatic heterocycles. The molecule has 0 spiro atoms. The number of hydrogen-bond donors (Lipinski definition) is 4. The summed E-state index contributed by atoms with van der Waals surface area (Å²) in [5.41, 5.74) is 1.00. The summed E-state index contributed by atoms with van der Waals surface area (Å²) >= 11 is 0. The van der Waals surface area contributed by atoms with Crippen LogP contribution in [0.2, 0.25) is 0 Å². The zero-order chi connectivity index (χ0) is 33.7. The van der Waals surface area contributed by atoms with E-state index in [-0.39, 0.29) is 13.0 Å². The Balaban J connectivity index is 1.68. The molecule has 2 atom stereocenters. The lowest BCUT2D eigenvalue weighted by molar-refractivity contribution is -0.143. The molecule has 3 rings (SSSR count). The minimum absolute atomic E-state index is 0.0184. The van der Waals surface area contributed by atoms with Gasteiger partial charge in [0.25, 0.3) is 0 Å². The number of carbonyl (C=O) groups excluding carboxylic acids is 4. The molecule has 0 saturated carbocycles. The molecule has 3 aromatic rings. The van der Waals surface area contributed by atoms with E-state index in [1.54, 1.807) is 81.4 Å². The maximum Gasteiger partial charge on any atom is 0.408 e. The predicted molar refractivity (Wildman–Crippen MR) is 165 cm³/mol. The summed E-state index contributed by atoms with van der Waals surface area (Å²) in [6, 6.07) is 19.9. The van der Waals surface area contributed by atoms with Gasteiger partial charge in [-0.15, -0.1) is 0 Å². The van der Waals surface area contributed by atoms with Crippen molar-refractivity contribution in [2.75, 3.05) is 13.7 Å². The van der Waals surface area contributed by atoms with Gasteiger partial charge in [-0.2, -0.15) is 0 Å². The molecule has 3 amide bonds. The fourth-order valence-corrected chi connectivity index (χ4v) is 4.05. The molecule has 13 heteroatoms. The first-order valence-corrected chi connectivity index (χ1v) is 14.2. The third-order valence-electron chi connectivity index (χ3n) is 6.12. The number of carbonyl (C=O) groups is 5. The SMILES string of the molecule is COC(=O)[C@H](NC(=O)OCc1ccccc1)c1cccc(Oc2ccc(C[C@@H](NC(=O)OC(C)(C)C)C(=O)NCC(=O)O)cc2)c1. The van der Waals surface area contributed by atoms with Crippen LogP contribution in [0.15, 0.2) is 78.9 Å². The monoisotopic (exact) mass is 635 g/mol. The van der Waals surface area contributed by atoms with Gasteiger partial charge in [-0.05, 0) is 61.7 Å². The molecule has 0 heterocycles. The van der Waals surface area contributed by atoms with Crippen LogP contribution in [0.1, 0.15) is 43.5 Å². The van der Waals surface area contributed by atoms with Gasteiger partial charge < -0.3 is 40.0 Å². The minimum atomic E-state index is -1.23. The number of hydrogen-bond acceptors (Lipinski definition) is 9. The molecule has 46 heavy (non-hydrogen) atoms. The number of esters is 1. The van der Waals surface area contributed by atoms with Crippen molar-refractivity contribution in [3.05, 3.63) is 95.6 Å². The Kier molecular flexibility index (Phi) is 12.5. The molecule has 0 fully saturated rings. The third kappa shape index (κ3) is 11.8. The zero-order valence-electron chi connectivity index (χ0n) is 25.9. The maximum absolute atomic E-state index is 12.6. The second kappa shape index (κ2) is 16.5. The van der Waals surface area contributed by atoms with E-state index in [0.29, 0.717) is 22.6 Å². The molecule has 244 valence electrons. The summed E-state index contributed by atoms with van der Waals surface area (Å²) in [6.07, 6.45) is -1.60. The van der Waals surface area contributed by atoms with E-state index < -0.39 is 54.3 Å². The summed E-state index contributed by atoms with van der Waals surface area (Å²) < 4.78 is 21.3. The van der Waals surface area contributed by atoms with E-state index in [0.717, 1.165) is 5.56 Å². The highest BCUT2D eigenvalue weighted by Crippen LogP contribution is 2.26. The first-order valence-electron chi connectivity index (χ1n) is 14.2. The maximum atomic E-state index is 12.6. The topological polar surface area (TPSA) is 179 Å². The number of rotatable bonds is 13. The van der Waals surface area contributed by atoms with E-state index in [4.69, 9.17) is 24.1 Å². The smallest absolute Gasteiger partial charge is 0.408 e. The Morgan fingerprint density at radius 2 is 1.50 bits per heavy atom. The average molecular weight is 636 g/mol. The Morgan fingerprint density at radius 3 is 2.13 bits per heavy atom. The standard InChI is InChI=1S/C33H37N3O10/c1-33(2,3)46-32(42)35-26(29(39)34-19-27(37)38)17-21-13-15-24(16-14-21)45-25-12-8-11-23(18-25)28(30(40)43-4)36-31(41)44-20-22-9-6-5-7-10-22/h5-16,18,26,28H,17,19-20H2,1-4H3,(H,34,39)(H,35,42)(H,36,41)(H,37,38)/t26-,28-/m1/s1. The van der Waals surface area contributed by atoms with Crippen LogP contribution in [-0.4, -0.2) is 60.4 Å². The van der Waals surface area contributed by atoms with E-state index in [1.165, 1.54) is 7.11 Å². The van der Waals surface area contributed by atoms with Crippen LogP contribution in [0, 0.1) is 0 Å². The normalized spacial score (nSPS) is 12.1. The summed E-state index contributed by atoms with van der Waals surface area (Å²) in [7, 11) is 1.21. The van der Waals surface area contributed by atoms with E-state index in [1.807, 2.05) is 18.2 Å². The van der Waals surface area contributed by atoms with Gasteiger partial charge in [0.05, 0.1) is 7.11 Å². The number of alkyl carbamates (subject to hydrolysis) is 2. The summed E-state index contributed by atoms with van der Waals surface area (Å²) in [4.78, 5) is 60.9. The van der Waals surface area contributed by atoms with Gasteiger partial charge >= 0.3 is 24.1 Å². The van der Waals surface area contributed by atoms with Crippen LogP contribution in [0.25, 0.3) is 0 Å². The lowest BCUT2D eigenvalue weighted by Crippen LogP contribution is -2.50. The zero-order valence-corrected chi connectivity index (χ0v) is 25.9. The first-order chi connectivity index (χ1) is 21.8. The molecule has 0 unspecified atom stereocenters. The van der Waals surface area contributed by atoms with Crippen LogP contribution in [0.3, 0.4) is 0 Å². The third-order valence-corrected chi connectivity index (χ3v) is 6.12. The number of benzene rings is 3. The number of carboxylic acids is 1. The lowest BCUT2D eigenvalue weighted by Gasteiger charge is -2.23. The quantitative estimate of drug-likeness (QED) is 0.157.